The first kappa shape index (κ1) is 43.6. The molecule has 16 heteroatoms. The molecule has 4 atom stereocenters. The van der Waals surface area contributed by atoms with Crippen molar-refractivity contribution in [1.82, 2.24) is 15.5 Å². The predicted molar refractivity (Wildman–Crippen MR) is 208 cm³/mol. The van der Waals surface area contributed by atoms with Crippen LogP contribution >= 0.6 is 0 Å². The molecule has 1 saturated heterocycles. The Hall–Kier alpha value is -6.16. The molecular weight excluding hydrogens is 745 g/mol. The van der Waals surface area contributed by atoms with Gasteiger partial charge < -0.3 is 42.0 Å². The van der Waals surface area contributed by atoms with E-state index >= 15 is 0 Å². The number of rotatable bonds is 15. The van der Waals surface area contributed by atoms with Crippen molar-refractivity contribution < 1.29 is 47.3 Å². The van der Waals surface area contributed by atoms with Crippen LogP contribution in [0.4, 0.5) is 13.2 Å². The molecule has 0 aromatic heterocycles. The Balaban J connectivity index is 0.000000940. The van der Waals surface area contributed by atoms with Crippen molar-refractivity contribution in [2.24, 2.45) is 16.5 Å². The number of phenols is 1. The number of guanidine groups is 1. The van der Waals surface area contributed by atoms with Gasteiger partial charge in [0.1, 0.15) is 17.8 Å². The van der Waals surface area contributed by atoms with Crippen molar-refractivity contribution in [1.29, 1.82) is 0 Å². The van der Waals surface area contributed by atoms with E-state index in [4.69, 9.17) is 26.1 Å². The molecule has 4 aromatic rings. The molecule has 1 aliphatic rings. The third kappa shape index (κ3) is 14.1. The molecule has 304 valence electrons. The molecule has 0 radical (unpaired) electrons. The highest BCUT2D eigenvalue weighted by Gasteiger charge is 2.40. The Morgan fingerprint density at radius 1 is 0.860 bits per heavy atom. The zero-order chi connectivity index (χ0) is 41.5. The minimum atomic E-state index is -5.08. The molecule has 0 aliphatic carbocycles. The van der Waals surface area contributed by atoms with Crippen LogP contribution in [0.15, 0.2) is 102 Å². The number of phenolic OH excluding ortho intramolecular Hbond substituents is 1. The van der Waals surface area contributed by atoms with Crippen LogP contribution in [-0.4, -0.2) is 88.3 Å². The lowest BCUT2D eigenvalue weighted by atomic mass is 10.0. The number of amides is 3. The Morgan fingerprint density at radius 2 is 1.46 bits per heavy atom. The number of aromatic hydroxyl groups is 1. The Labute approximate surface area is 327 Å². The fourth-order valence-corrected chi connectivity index (χ4v) is 6.46. The number of nitrogens with two attached hydrogens (primary N) is 2. The summed E-state index contributed by atoms with van der Waals surface area (Å²) in [5.41, 5.74) is 13.8. The highest BCUT2D eigenvalue weighted by molar-refractivity contribution is 5.92. The number of carboxylic acid groups (broad SMARTS) is 1. The largest absolute Gasteiger partial charge is 0.508 e. The third-order valence-electron chi connectivity index (χ3n) is 9.16. The van der Waals surface area contributed by atoms with Gasteiger partial charge in [0.15, 0.2) is 5.96 Å². The number of halogens is 3. The van der Waals surface area contributed by atoms with Gasteiger partial charge in [-0.25, -0.2) is 4.79 Å². The monoisotopic (exact) mass is 792 g/mol. The second-order valence-corrected chi connectivity index (χ2v) is 13.6. The normalized spacial score (nSPS) is 16.1. The molecule has 4 aromatic carbocycles. The van der Waals surface area contributed by atoms with Crippen LogP contribution in [0, 0.1) is 0 Å². The van der Waals surface area contributed by atoms with E-state index in [0.717, 1.165) is 27.5 Å². The molecule has 1 fully saturated rings. The zero-order valence-corrected chi connectivity index (χ0v) is 31.3. The Morgan fingerprint density at radius 3 is 2.09 bits per heavy atom. The number of likely N-dealkylation sites (tertiary alicyclic amines) is 1. The molecule has 3 amide bonds. The molecule has 57 heavy (non-hydrogen) atoms. The van der Waals surface area contributed by atoms with Gasteiger partial charge in [-0.2, -0.15) is 13.2 Å². The summed E-state index contributed by atoms with van der Waals surface area (Å²) >= 11 is 0. The van der Waals surface area contributed by atoms with E-state index in [9.17, 15) is 32.7 Å². The number of hydrogen-bond donors (Lipinski definition) is 6. The lowest BCUT2D eigenvalue weighted by Crippen LogP contribution is -2.56. The Kier molecular flexibility index (Phi) is 15.8. The van der Waals surface area contributed by atoms with E-state index in [1.807, 2.05) is 47.4 Å². The van der Waals surface area contributed by atoms with Gasteiger partial charge >= 0.3 is 12.1 Å². The molecular formula is C41H47F3N6O7. The molecule has 0 bridgehead atoms. The summed E-state index contributed by atoms with van der Waals surface area (Å²) in [7, 11) is 0. The maximum absolute atomic E-state index is 14.5. The van der Waals surface area contributed by atoms with E-state index in [2.05, 4.69) is 46.0 Å². The minimum absolute atomic E-state index is 0.0209. The quantitative estimate of drug-likeness (QED) is 0.0579. The van der Waals surface area contributed by atoms with Crippen molar-refractivity contribution in [3.05, 3.63) is 114 Å². The molecule has 0 saturated carbocycles. The summed E-state index contributed by atoms with van der Waals surface area (Å²) in [6, 6.07) is 28.4. The molecule has 0 spiro atoms. The average Bonchev–Trinajstić information content (AvgIpc) is 3.58. The Bertz CT molecular complexity index is 1990. The van der Waals surface area contributed by atoms with Crippen LogP contribution in [0.3, 0.4) is 0 Å². The first-order chi connectivity index (χ1) is 27.1. The smallest absolute Gasteiger partial charge is 0.490 e. The highest BCUT2D eigenvalue weighted by Crippen LogP contribution is 2.27. The van der Waals surface area contributed by atoms with Crippen LogP contribution < -0.4 is 22.1 Å². The first-order valence-electron chi connectivity index (χ1n) is 18.2. The summed E-state index contributed by atoms with van der Waals surface area (Å²) in [5.74, 6) is -3.71. The number of aliphatic imine (C=N–C) groups is 1. The van der Waals surface area contributed by atoms with E-state index in [0.29, 0.717) is 39.0 Å². The van der Waals surface area contributed by atoms with Crippen molar-refractivity contribution in [3.63, 3.8) is 0 Å². The second kappa shape index (κ2) is 20.7. The number of benzene rings is 4. The zero-order valence-electron chi connectivity index (χ0n) is 31.3. The van der Waals surface area contributed by atoms with Gasteiger partial charge in [-0.1, -0.05) is 78.9 Å². The standard InChI is InChI=1S/C39H46N6O5.C2HF3O2/c1-26(46)43-35(21-28-14-17-33(47)18-15-28)37(48)44-36(22-27-8-3-2-4-9-27)38(49)45-24-34(23-32(45)12-7-19-42-39(40)41)50-25-29-13-16-30-10-5-6-11-31(30)20-29;3-2(4,5)1(6)7/h2-6,8-11,13-18,20,32,34-36,47H,7,12,19,21-25H2,1H3,(H,43,46)(H,44,48)(H4,40,41,42);(H,6,7)/t32-,34+,35+,36-;/m1./s1. The molecule has 0 unspecified atom stereocenters. The number of alkyl halides is 3. The summed E-state index contributed by atoms with van der Waals surface area (Å²) in [4.78, 5) is 55.3. The van der Waals surface area contributed by atoms with Crippen LogP contribution in [0.25, 0.3) is 10.8 Å². The number of carboxylic acids is 1. The van der Waals surface area contributed by atoms with Gasteiger partial charge in [-0.05, 0) is 64.9 Å². The highest BCUT2D eigenvalue weighted by atomic mass is 19.4. The number of nitrogens with zero attached hydrogens (tertiary/aromatic N) is 2. The van der Waals surface area contributed by atoms with Gasteiger partial charge in [0.2, 0.25) is 17.7 Å². The van der Waals surface area contributed by atoms with Crippen molar-refractivity contribution in [2.75, 3.05) is 13.1 Å². The fraction of sp³-hybridized carbons (Fsp3) is 0.341. The molecule has 13 nitrogen and oxygen atoms in total. The van der Waals surface area contributed by atoms with E-state index in [1.165, 1.54) is 19.1 Å². The number of fused-ring (bicyclic) bond motifs is 1. The first-order valence-corrected chi connectivity index (χ1v) is 18.2. The number of aliphatic carboxylic acids is 1. The molecule has 5 rings (SSSR count). The molecule has 1 aliphatic heterocycles. The third-order valence-corrected chi connectivity index (χ3v) is 9.16. The summed E-state index contributed by atoms with van der Waals surface area (Å²) < 4.78 is 38.2. The molecule has 1 heterocycles. The number of carbonyl (C=O) groups is 4. The minimum Gasteiger partial charge on any atom is -0.508 e. The van der Waals surface area contributed by atoms with Gasteiger partial charge in [0.25, 0.3) is 0 Å². The van der Waals surface area contributed by atoms with E-state index < -0.39 is 30.1 Å². The lowest BCUT2D eigenvalue weighted by Gasteiger charge is -2.30. The topological polar surface area (TPSA) is 210 Å². The van der Waals surface area contributed by atoms with Crippen molar-refractivity contribution >= 4 is 40.4 Å². The van der Waals surface area contributed by atoms with E-state index in [-0.39, 0.29) is 48.5 Å². The number of hydrogen-bond acceptors (Lipinski definition) is 7. The van der Waals surface area contributed by atoms with Crippen LogP contribution in [0.2, 0.25) is 0 Å². The lowest BCUT2D eigenvalue weighted by molar-refractivity contribution is -0.192. The SMILES string of the molecule is CC(=O)N[C@@H](Cc1ccc(O)cc1)C(=O)N[C@H](Cc1ccccc1)C(=O)N1C[C@@H](OCc2ccc3ccccc3c2)C[C@H]1CCCN=C(N)N.O=C(O)C(F)(F)F. The fourth-order valence-electron chi connectivity index (χ4n) is 6.46. The van der Waals surface area contributed by atoms with E-state index in [1.54, 1.807) is 12.1 Å². The van der Waals surface area contributed by atoms with Crippen molar-refractivity contribution in [2.45, 2.75) is 76.0 Å². The van der Waals surface area contributed by atoms with Crippen molar-refractivity contribution in [3.8, 4) is 5.75 Å². The number of ether oxygens (including phenoxy) is 1. The summed E-state index contributed by atoms with van der Waals surface area (Å²) in [6.45, 7) is 2.55. The van der Waals surface area contributed by atoms with Gasteiger partial charge in [-0.3, -0.25) is 19.4 Å². The van der Waals surface area contributed by atoms with Crippen LogP contribution in [-0.2, 0) is 43.4 Å². The van der Waals surface area contributed by atoms with Gasteiger partial charge in [0, 0.05) is 38.9 Å². The second-order valence-electron chi connectivity index (χ2n) is 13.6. The summed E-state index contributed by atoms with van der Waals surface area (Å²) in [6.07, 6.45) is -2.91. The predicted octanol–water partition coefficient (Wildman–Crippen LogP) is 4.19. The maximum Gasteiger partial charge on any atom is 0.490 e. The van der Waals surface area contributed by atoms with Crippen LogP contribution in [0.5, 0.6) is 5.75 Å². The number of carbonyl (C=O) groups excluding carboxylic acids is 3. The van der Waals surface area contributed by atoms with Gasteiger partial charge in [0.05, 0.1) is 12.7 Å². The number of nitrogens with one attached hydrogen (secondary N) is 2. The molecule has 8 N–H and O–H groups in total. The maximum atomic E-state index is 14.5. The van der Waals surface area contributed by atoms with Gasteiger partial charge in [-0.15, -0.1) is 0 Å². The van der Waals surface area contributed by atoms with Crippen LogP contribution in [0.1, 0.15) is 42.9 Å². The summed E-state index contributed by atoms with van der Waals surface area (Å²) in [5, 5.41) is 24.8. The average molecular weight is 793 g/mol.